The van der Waals surface area contributed by atoms with E-state index in [1.54, 1.807) is 0 Å². The molecule has 2 aromatic heterocycles. The first-order valence-electron chi connectivity index (χ1n) is 29.8. The highest BCUT2D eigenvalue weighted by atomic mass is 79.9. The molecule has 0 saturated heterocycles. The molecule has 3 N–H and O–H groups in total. The Balaban J connectivity index is 0.000000148. The van der Waals surface area contributed by atoms with Crippen LogP contribution in [0.15, 0.2) is 324 Å². The van der Waals surface area contributed by atoms with Crippen molar-refractivity contribution in [2.75, 3.05) is 0 Å². The Morgan fingerprint density at radius 1 is 0.293 bits per heavy atom. The van der Waals surface area contributed by atoms with Gasteiger partial charge in [-0.05, 0) is 96.6 Å². The number of halogens is 3. The van der Waals surface area contributed by atoms with E-state index >= 15 is 0 Å². The first kappa shape index (κ1) is 60.8. The second-order valence-corrected chi connectivity index (χ2v) is 24.2. The van der Waals surface area contributed by atoms with E-state index in [-0.39, 0.29) is 10.8 Å². The van der Waals surface area contributed by atoms with Crippen LogP contribution in [-0.4, -0.2) is 47.9 Å². The molecule has 0 amide bonds. The molecule has 16 rings (SSSR count). The number of hydrogen-bond donors (Lipinski definition) is 1. The number of nitrogens with zero attached hydrogens (tertiary/aromatic N) is 6. The first-order chi connectivity index (χ1) is 44.8. The summed E-state index contributed by atoms with van der Waals surface area (Å²) in [5.41, 5.74) is 19.0. The third kappa shape index (κ3) is 11.3. The average Bonchev–Trinajstić information content (AvgIpc) is 1.54. The van der Waals surface area contributed by atoms with Gasteiger partial charge >= 0.3 is 7.48 Å². The topological polar surface area (TPSA) is 129 Å². The molecule has 0 saturated carbocycles. The van der Waals surface area contributed by atoms with Gasteiger partial charge in [0.1, 0.15) is 0 Å². The van der Waals surface area contributed by atoms with Gasteiger partial charge in [-0.3, -0.25) is 0 Å². The fraction of sp³-hybridized carbons (Fsp3) is 0.0250. The summed E-state index contributed by atoms with van der Waals surface area (Å²) < 4.78 is 1.95. The van der Waals surface area contributed by atoms with Crippen molar-refractivity contribution < 1.29 is 10.5 Å². The van der Waals surface area contributed by atoms with E-state index in [0.717, 1.165) is 60.8 Å². The lowest BCUT2D eigenvalue weighted by Gasteiger charge is -2.33. The maximum atomic E-state index is 8.52. The molecule has 2 aliphatic rings. The maximum Gasteiger partial charge on any atom is 0.326 e. The summed E-state index contributed by atoms with van der Waals surface area (Å²) in [5.74, 6) is 3.05. The van der Waals surface area contributed by atoms with Gasteiger partial charge in [0.2, 0.25) is 5.28 Å². The molecule has 92 heavy (non-hydrogen) atoms. The van der Waals surface area contributed by atoms with Crippen molar-refractivity contribution in [3.05, 3.63) is 374 Å². The normalized spacial score (nSPS) is 12.4. The van der Waals surface area contributed by atoms with Crippen molar-refractivity contribution in [2.24, 2.45) is 0 Å². The molecule has 0 fully saturated rings. The number of benzene rings is 12. The van der Waals surface area contributed by atoms with E-state index in [2.05, 4.69) is 254 Å². The minimum atomic E-state index is -0.493. The predicted octanol–water partition coefficient (Wildman–Crippen LogP) is 18.1. The van der Waals surface area contributed by atoms with Crippen molar-refractivity contribution in [1.29, 1.82) is 0 Å². The lowest BCUT2D eigenvalue weighted by Crippen LogP contribution is -2.28. The van der Waals surface area contributed by atoms with Crippen molar-refractivity contribution >= 4 is 56.4 Å². The van der Waals surface area contributed by atoms with E-state index in [9.17, 15) is 0 Å². The summed E-state index contributed by atoms with van der Waals surface area (Å²) in [6.07, 6.45) is 0. The summed E-state index contributed by atoms with van der Waals surface area (Å²) >= 11 is 13.4. The molecule has 12 aromatic carbocycles. The van der Waals surface area contributed by atoms with Gasteiger partial charge in [-0.25, -0.2) is 19.9 Å². The lowest BCUT2D eigenvalue weighted by molar-refractivity contribution is 0.615. The Bertz CT molecular complexity index is 4840. The fourth-order valence-corrected chi connectivity index (χ4v) is 14.1. The van der Waals surface area contributed by atoms with E-state index in [0.29, 0.717) is 29.1 Å². The smallest absolute Gasteiger partial charge is 0.326 e. The molecule has 441 valence electrons. The molecule has 0 spiro atoms. The standard InChI is InChI=1S/C40H26BrN3.C34H22ClN3.C6H5BBrO.H2O/c41-31-21-12-16-28(26-31)38-42-37(27-14-4-1-5-15-27)43-39(44-38)33-23-13-25-35-36(33)32-22-10-11-24-34(32)40(35,29-17-6-2-7-18-29)30-19-8-3-9-20-30;35-33-37-31(23-13-4-1-5-14-23)36-32(38-33)27-20-12-22-29-30(27)26-19-10-11-21-28(26)34(29,24-15-6-2-7-16-24)25-17-8-3-9-18-25;8-6-3-1-2-5(4-6)7-9;/h1-26H;1-22H;1-4,9H;1H2. The number of aromatic nitrogens is 6. The minimum absolute atomic E-state index is 0. The van der Waals surface area contributed by atoms with Gasteiger partial charge in [-0.1, -0.05) is 335 Å². The van der Waals surface area contributed by atoms with Crippen LogP contribution in [0, 0.1) is 0 Å². The van der Waals surface area contributed by atoms with Gasteiger partial charge in [-0.15, -0.1) is 0 Å². The van der Waals surface area contributed by atoms with Gasteiger partial charge in [0, 0.05) is 36.8 Å². The van der Waals surface area contributed by atoms with Gasteiger partial charge in [0.15, 0.2) is 29.1 Å². The second kappa shape index (κ2) is 26.8. The van der Waals surface area contributed by atoms with Gasteiger partial charge in [0.05, 0.1) is 10.8 Å². The van der Waals surface area contributed by atoms with E-state index in [4.69, 9.17) is 36.6 Å². The van der Waals surface area contributed by atoms with Gasteiger partial charge < -0.3 is 10.5 Å². The van der Waals surface area contributed by atoms with Crippen LogP contribution in [0.3, 0.4) is 0 Å². The molecule has 0 bridgehead atoms. The highest BCUT2D eigenvalue weighted by molar-refractivity contribution is 9.10. The Kier molecular flexibility index (Phi) is 17.7. The minimum Gasteiger partial charge on any atom is -0.450 e. The van der Waals surface area contributed by atoms with E-state index in [1.807, 2.05) is 103 Å². The molecule has 12 heteroatoms. The molecule has 2 heterocycles. The third-order valence-electron chi connectivity index (χ3n) is 16.8. The summed E-state index contributed by atoms with van der Waals surface area (Å²) in [4.78, 5) is 29.2. The highest BCUT2D eigenvalue weighted by Crippen LogP contribution is 2.60. The molecular formula is C80H55BBr2ClN6O2. The molecule has 2 aliphatic carbocycles. The monoisotopic (exact) mass is 1340 g/mol. The summed E-state index contributed by atoms with van der Waals surface area (Å²) in [5, 5.41) is 8.69. The highest BCUT2D eigenvalue weighted by Gasteiger charge is 2.48. The molecule has 0 unspecified atom stereocenters. The SMILES string of the molecule is Brc1cccc(-c2nc(-c3ccccc3)nc(-c3cccc4c3-c3ccccc3C4(c3ccccc3)c3ccccc3)n2)c1.Clc1nc(-c2ccccc2)nc(-c2cccc3c2-c2ccccc2C3(c2ccccc2)c2ccccc2)n1.O.O[B]c1cccc(Br)c1. The van der Waals surface area contributed by atoms with Gasteiger partial charge in [0.25, 0.3) is 0 Å². The van der Waals surface area contributed by atoms with Crippen LogP contribution in [-0.2, 0) is 10.8 Å². The molecule has 8 nitrogen and oxygen atoms in total. The zero-order valence-corrected chi connectivity index (χ0v) is 53.3. The molecule has 0 atom stereocenters. The van der Waals surface area contributed by atoms with Crippen LogP contribution >= 0.6 is 43.5 Å². The lowest BCUT2D eigenvalue weighted by atomic mass is 9.67. The van der Waals surface area contributed by atoms with E-state index < -0.39 is 10.8 Å². The average molecular weight is 1340 g/mol. The molecule has 1 radical (unpaired) electrons. The van der Waals surface area contributed by atoms with Crippen molar-refractivity contribution in [3.63, 3.8) is 0 Å². The van der Waals surface area contributed by atoms with Crippen LogP contribution < -0.4 is 5.46 Å². The van der Waals surface area contributed by atoms with Crippen LogP contribution in [0.5, 0.6) is 0 Å². The summed E-state index contributed by atoms with van der Waals surface area (Å²) in [6.45, 7) is 0. The number of rotatable bonds is 10. The van der Waals surface area contributed by atoms with Crippen LogP contribution in [0.4, 0.5) is 0 Å². The van der Waals surface area contributed by atoms with Crippen molar-refractivity contribution in [2.45, 2.75) is 10.8 Å². The first-order valence-corrected chi connectivity index (χ1v) is 31.8. The molecular weight excluding hydrogens is 1280 g/mol. The van der Waals surface area contributed by atoms with Crippen LogP contribution in [0.1, 0.15) is 44.5 Å². The summed E-state index contributed by atoms with van der Waals surface area (Å²) in [7, 11) is 1.07. The Morgan fingerprint density at radius 3 is 1.01 bits per heavy atom. The van der Waals surface area contributed by atoms with Crippen LogP contribution in [0.25, 0.3) is 79.2 Å². The van der Waals surface area contributed by atoms with Gasteiger partial charge in [-0.2, -0.15) is 9.97 Å². The zero-order chi connectivity index (χ0) is 61.7. The van der Waals surface area contributed by atoms with Crippen LogP contribution in [0.2, 0.25) is 5.28 Å². The van der Waals surface area contributed by atoms with Crippen molar-refractivity contribution in [1.82, 2.24) is 29.9 Å². The Morgan fingerprint density at radius 2 is 0.598 bits per heavy atom. The van der Waals surface area contributed by atoms with Crippen molar-refractivity contribution in [3.8, 4) is 79.2 Å². The largest absolute Gasteiger partial charge is 0.450 e. The maximum absolute atomic E-state index is 8.52. The quantitative estimate of drug-likeness (QED) is 0.135. The molecule has 14 aromatic rings. The predicted molar refractivity (Wildman–Crippen MR) is 380 cm³/mol. The molecule has 0 aliphatic heterocycles. The summed E-state index contributed by atoms with van der Waals surface area (Å²) in [6, 6.07) is 109. The van der Waals surface area contributed by atoms with E-state index in [1.165, 1.54) is 55.6 Å². The second-order valence-electron chi connectivity index (χ2n) is 22.0. The Labute approximate surface area is 557 Å². The third-order valence-corrected chi connectivity index (χ3v) is 18.0. The number of hydrogen-bond acceptors (Lipinski definition) is 7. The number of fused-ring (bicyclic) bond motifs is 6. The zero-order valence-electron chi connectivity index (χ0n) is 49.4. The fourth-order valence-electron chi connectivity index (χ4n) is 13.1. The Hall–Kier alpha value is -10.1.